The van der Waals surface area contributed by atoms with Gasteiger partial charge in [-0.05, 0) is 30.9 Å². The van der Waals surface area contributed by atoms with Gasteiger partial charge in [0.2, 0.25) is 5.91 Å². The van der Waals surface area contributed by atoms with Gasteiger partial charge in [-0.25, -0.2) is 0 Å². The smallest absolute Gasteiger partial charge is 0.226 e. The van der Waals surface area contributed by atoms with Crippen LogP contribution in [0.25, 0.3) is 0 Å². The minimum absolute atomic E-state index is 0.0985. The zero-order valence-corrected chi connectivity index (χ0v) is 14.3. The number of amides is 1. The number of hydrogen-bond donors (Lipinski definition) is 1. The number of aryl methyl sites for hydroxylation is 1. The van der Waals surface area contributed by atoms with E-state index in [2.05, 4.69) is 45.6 Å². The van der Waals surface area contributed by atoms with Crippen LogP contribution >= 0.6 is 0 Å². The average Bonchev–Trinajstić information content (AvgIpc) is 3.00. The zero-order chi connectivity index (χ0) is 16.8. The van der Waals surface area contributed by atoms with Crippen LogP contribution in [0.4, 0.5) is 0 Å². The zero-order valence-electron chi connectivity index (χ0n) is 14.3. The Morgan fingerprint density at radius 1 is 1.21 bits per heavy atom. The molecule has 3 rings (SSSR count). The van der Waals surface area contributed by atoms with E-state index < -0.39 is 0 Å². The van der Waals surface area contributed by atoms with Gasteiger partial charge in [-0.1, -0.05) is 30.3 Å². The van der Waals surface area contributed by atoms with Gasteiger partial charge in [0.15, 0.2) is 0 Å². The number of likely N-dealkylation sites (tertiary alicyclic amines) is 1. The predicted molar refractivity (Wildman–Crippen MR) is 94.7 cm³/mol. The molecule has 0 spiro atoms. The lowest BCUT2D eigenvalue weighted by molar-refractivity contribution is -0.121. The molecule has 128 valence electrons. The van der Waals surface area contributed by atoms with Crippen molar-refractivity contribution in [3.05, 3.63) is 53.9 Å². The van der Waals surface area contributed by atoms with E-state index >= 15 is 0 Å². The minimum atomic E-state index is 0.0985. The summed E-state index contributed by atoms with van der Waals surface area (Å²) in [6, 6.07) is 12.8. The standard InChI is InChI=1S/C19H26N4O/c1-22-18(7-11-20-22)15-19(24)21-17-9-13-23(14-10-17)12-8-16-5-3-2-4-6-16/h2-7,11,17H,8-10,12-15H2,1H3,(H,21,24). The molecule has 2 heterocycles. The highest BCUT2D eigenvalue weighted by atomic mass is 16.1. The second-order valence-corrected chi connectivity index (χ2v) is 6.54. The first kappa shape index (κ1) is 16.7. The lowest BCUT2D eigenvalue weighted by atomic mass is 10.0. The molecule has 1 amide bonds. The van der Waals surface area contributed by atoms with Gasteiger partial charge < -0.3 is 10.2 Å². The Kier molecular flexibility index (Phi) is 5.64. The maximum absolute atomic E-state index is 12.2. The number of carbonyl (C=O) groups excluding carboxylic acids is 1. The van der Waals surface area contributed by atoms with Crippen LogP contribution in [0.2, 0.25) is 0 Å². The molecule has 0 atom stereocenters. The number of carbonyl (C=O) groups is 1. The van der Waals surface area contributed by atoms with Gasteiger partial charge in [0.05, 0.1) is 6.42 Å². The molecule has 0 saturated carbocycles. The van der Waals surface area contributed by atoms with E-state index in [0.29, 0.717) is 12.5 Å². The van der Waals surface area contributed by atoms with E-state index in [1.807, 2.05) is 13.1 Å². The lowest BCUT2D eigenvalue weighted by Crippen LogP contribution is -2.45. The molecule has 1 N–H and O–H groups in total. The lowest BCUT2D eigenvalue weighted by Gasteiger charge is -2.32. The molecule has 2 aromatic rings. The van der Waals surface area contributed by atoms with Crippen LogP contribution in [0.5, 0.6) is 0 Å². The quantitative estimate of drug-likeness (QED) is 0.880. The topological polar surface area (TPSA) is 50.2 Å². The Labute approximate surface area is 143 Å². The fourth-order valence-electron chi connectivity index (χ4n) is 3.25. The minimum Gasteiger partial charge on any atom is -0.353 e. The van der Waals surface area contributed by atoms with E-state index in [-0.39, 0.29) is 5.91 Å². The Balaban J connectivity index is 1.37. The van der Waals surface area contributed by atoms with Crippen LogP contribution in [-0.2, 0) is 24.7 Å². The fourth-order valence-corrected chi connectivity index (χ4v) is 3.25. The van der Waals surface area contributed by atoms with Crippen LogP contribution in [0, 0.1) is 0 Å². The highest BCUT2D eigenvalue weighted by Gasteiger charge is 2.20. The molecule has 1 aromatic carbocycles. The number of hydrogen-bond acceptors (Lipinski definition) is 3. The number of aromatic nitrogens is 2. The molecular weight excluding hydrogens is 300 g/mol. The number of piperidine rings is 1. The van der Waals surface area contributed by atoms with E-state index in [1.165, 1.54) is 5.56 Å². The summed E-state index contributed by atoms with van der Waals surface area (Å²) < 4.78 is 1.76. The molecule has 0 unspecified atom stereocenters. The van der Waals surface area contributed by atoms with Crippen molar-refractivity contribution in [2.24, 2.45) is 7.05 Å². The second kappa shape index (κ2) is 8.11. The number of nitrogens with one attached hydrogen (secondary N) is 1. The maximum atomic E-state index is 12.2. The van der Waals surface area contributed by atoms with Crippen molar-refractivity contribution in [2.75, 3.05) is 19.6 Å². The molecular formula is C19H26N4O. The maximum Gasteiger partial charge on any atom is 0.226 e. The van der Waals surface area contributed by atoms with Gasteiger partial charge in [-0.15, -0.1) is 0 Å². The third-order valence-electron chi connectivity index (χ3n) is 4.78. The van der Waals surface area contributed by atoms with Gasteiger partial charge in [-0.3, -0.25) is 9.48 Å². The molecule has 0 radical (unpaired) electrons. The Morgan fingerprint density at radius 2 is 1.96 bits per heavy atom. The van der Waals surface area contributed by atoms with Crippen LogP contribution in [0.1, 0.15) is 24.1 Å². The molecule has 5 heteroatoms. The van der Waals surface area contributed by atoms with Crippen LogP contribution in [0.3, 0.4) is 0 Å². The van der Waals surface area contributed by atoms with Crippen molar-refractivity contribution < 1.29 is 4.79 Å². The molecule has 0 aliphatic carbocycles. The van der Waals surface area contributed by atoms with Crippen molar-refractivity contribution in [3.8, 4) is 0 Å². The Bertz CT molecular complexity index is 644. The monoisotopic (exact) mass is 326 g/mol. The fraction of sp³-hybridized carbons (Fsp3) is 0.474. The van der Waals surface area contributed by atoms with Crippen molar-refractivity contribution in [2.45, 2.75) is 31.7 Å². The molecule has 1 aliphatic heterocycles. The van der Waals surface area contributed by atoms with Gasteiger partial charge in [0, 0.05) is 44.6 Å². The summed E-state index contributed by atoms with van der Waals surface area (Å²) in [5.41, 5.74) is 2.34. The molecule has 1 aromatic heterocycles. The van der Waals surface area contributed by atoms with Crippen molar-refractivity contribution in [3.63, 3.8) is 0 Å². The average molecular weight is 326 g/mol. The Hall–Kier alpha value is -2.14. The molecule has 1 aliphatic rings. The first-order chi connectivity index (χ1) is 11.7. The molecule has 1 saturated heterocycles. The van der Waals surface area contributed by atoms with E-state index in [4.69, 9.17) is 0 Å². The van der Waals surface area contributed by atoms with E-state index in [1.54, 1.807) is 10.9 Å². The molecule has 0 bridgehead atoms. The highest BCUT2D eigenvalue weighted by molar-refractivity contribution is 5.78. The summed E-state index contributed by atoms with van der Waals surface area (Å²) in [6.45, 7) is 3.21. The molecule has 5 nitrogen and oxygen atoms in total. The number of nitrogens with zero attached hydrogens (tertiary/aromatic N) is 3. The molecule has 24 heavy (non-hydrogen) atoms. The summed E-state index contributed by atoms with van der Waals surface area (Å²) in [5.74, 6) is 0.0985. The highest BCUT2D eigenvalue weighted by Crippen LogP contribution is 2.12. The van der Waals surface area contributed by atoms with Gasteiger partial charge in [-0.2, -0.15) is 5.10 Å². The predicted octanol–water partition coefficient (Wildman–Crippen LogP) is 1.79. The summed E-state index contributed by atoms with van der Waals surface area (Å²) in [6.07, 6.45) is 5.30. The Morgan fingerprint density at radius 3 is 2.62 bits per heavy atom. The largest absolute Gasteiger partial charge is 0.353 e. The number of benzene rings is 1. The number of rotatable bonds is 6. The van der Waals surface area contributed by atoms with E-state index in [0.717, 1.165) is 44.6 Å². The third-order valence-corrected chi connectivity index (χ3v) is 4.78. The van der Waals surface area contributed by atoms with Gasteiger partial charge in [0.1, 0.15) is 0 Å². The van der Waals surface area contributed by atoms with Crippen LogP contribution < -0.4 is 5.32 Å². The summed E-state index contributed by atoms with van der Waals surface area (Å²) in [4.78, 5) is 14.7. The van der Waals surface area contributed by atoms with E-state index in [9.17, 15) is 4.79 Å². The molecule has 1 fully saturated rings. The third kappa shape index (κ3) is 4.68. The summed E-state index contributed by atoms with van der Waals surface area (Å²) in [5, 5.41) is 7.27. The first-order valence-electron chi connectivity index (χ1n) is 8.73. The van der Waals surface area contributed by atoms with Crippen molar-refractivity contribution >= 4 is 5.91 Å². The summed E-state index contributed by atoms with van der Waals surface area (Å²) >= 11 is 0. The normalized spacial score (nSPS) is 16.2. The second-order valence-electron chi connectivity index (χ2n) is 6.54. The van der Waals surface area contributed by atoms with Crippen LogP contribution in [-0.4, -0.2) is 46.3 Å². The first-order valence-corrected chi connectivity index (χ1v) is 8.73. The van der Waals surface area contributed by atoms with Crippen molar-refractivity contribution in [1.29, 1.82) is 0 Å². The SMILES string of the molecule is Cn1nccc1CC(=O)NC1CCN(CCc2ccccc2)CC1. The van der Waals surface area contributed by atoms with Crippen LogP contribution in [0.15, 0.2) is 42.6 Å². The van der Waals surface area contributed by atoms with Gasteiger partial charge >= 0.3 is 0 Å². The van der Waals surface area contributed by atoms with Crippen molar-refractivity contribution in [1.82, 2.24) is 20.0 Å². The summed E-state index contributed by atoms with van der Waals surface area (Å²) in [7, 11) is 1.87. The van der Waals surface area contributed by atoms with Gasteiger partial charge in [0.25, 0.3) is 0 Å².